The van der Waals surface area contributed by atoms with Crippen LogP contribution in [0.5, 0.6) is 0 Å². The molecule has 1 heterocycles. The largest absolute Gasteiger partial charge is 0.374 e. The predicted molar refractivity (Wildman–Crippen MR) is 74.4 cm³/mol. The topological polar surface area (TPSA) is 67.2 Å². The van der Waals surface area contributed by atoms with Crippen LogP contribution in [-0.2, 0) is 4.79 Å². The van der Waals surface area contributed by atoms with Crippen LogP contribution in [0.4, 0.5) is 11.5 Å². The van der Waals surface area contributed by atoms with Crippen molar-refractivity contribution in [1.82, 2.24) is 5.16 Å². The molecular formula is C13H14ClN3O2. The fourth-order valence-electron chi connectivity index (χ4n) is 1.52. The number of halogens is 1. The Hall–Kier alpha value is -2.01. The third-order valence-corrected chi connectivity index (χ3v) is 2.75. The Morgan fingerprint density at radius 1 is 1.37 bits per heavy atom. The van der Waals surface area contributed by atoms with Gasteiger partial charge in [-0.2, -0.15) is 0 Å². The first-order valence-electron chi connectivity index (χ1n) is 5.81. The third-order valence-electron chi connectivity index (χ3n) is 2.50. The highest BCUT2D eigenvalue weighted by Gasteiger charge is 2.14. The summed E-state index contributed by atoms with van der Waals surface area (Å²) >= 11 is 5.79. The van der Waals surface area contributed by atoms with E-state index in [4.69, 9.17) is 16.1 Å². The number of nitrogens with one attached hydrogen (secondary N) is 2. The molecule has 1 aromatic carbocycles. The summed E-state index contributed by atoms with van der Waals surface area (Å²) in [5.74, 6) is 0.865. The van der Waals surface area contributed by atoms with Crippen LogP contribution in [0.3, 0.4) is 0 Å². The molecule has 0 aliphatic heterocycles. The Bertz CT molecular complexity index is 566. The van der Waals surface area contributed by atoms with Crippen LogP contribution >= 0.6 is 11.6 Å². The van der Waals surface area contributed by atoms with E-state index >= 15 is 0 Å². The summed E-state index contributed by atoms with van der Waals surface area (Å²) in [7, 11) is 0. The van der Waals surface area contributed by atoms with Gasteiger partial charge < -0.3 is 15.2 Å². The van der Waals surface area contributed by atoms with E-state index in [1.807, 2.05) is 12.1 Å². The van der Waals surface area contributed by atoms with Crippen molar-refractivity contribution in [3.63, 3.8) is 0 Å². The lowest BCUT2D eigenvalue weighted by Crippen LogP contribution is -2.31. The van der Waals surface area contributed by atoms with Crippen molar-refractivity contribution >= 4 is 29.0 Å². The monoisotopic (exact) mass is 279 g/mol. The SMILES string of the molecule is Cc1cc(NC(=O)[C@H](C)Nc2ccc(Cl)cc2)no1. The first-order valence-corrected chi connectivity index (χ1v) is 6.18. The maximum Gasteiger partial charge on any atom is 0.247 e. The third kappa shape index (κ3) is 3.72. The predicted octanol–water partition coefficient (Wildman–Crippen LogP) is 3.08. The van der Waals surface area contributed by atoms with E-state index in [2.05, 4.69) is 15.8 Å². The summed E-state index contributed by atoms with van der Waals surface area (Å²) in [4.78, 5) is 11.9. The fourth-order valence-corrected chi connectivity index (χ4v) is 1.65. The summed E-state index contributed by atoms with van der Waals surface area (Å²) in [6.07, 6.45) is 0. The number of benzene rings is 1. The molecule has 0 aliphatic carbocycles. The van der Waals surface area contributed by atoms with Crippen LogP contribution < -0.4 is 10.6 Å². The van der Waals surface area contributed by atoms with Gasteiger partial charge in [-0.15, -0.1) is 0 Å². The maximum absolute atomic E-state index is 11.9. The molecule has 1 atom stereocenters. The van der Waals surface area contributed by atoms with E-state index in [0.29, 0.717) is 16.6 Å². The molecule has 2 N–H and O–H groups in total. The Labute approximate surface area is 115 Å². The van der Waals surface area contributed by atoms with E-state index in [9.17, 15) is 4.79 Å². The Balaban J connectivity index is 1.94. The van der Waals surface area contributed by atoms with Crippen LogP contribution in [0.1, 0.15) is 12.7 Å². The number of hydrogen-bond donors (Lipinski definition) is 2. The molecule has 0 bridgehead atoms. The molecule has 5 nitrogen and oxygen atoms in total. The number of nitrogens with zero attached hydrogens (tertiary/aromatic N) is 1. The highest BCUT2D eigenvalue weighted by atomic mass is 35.5. The molecule has 100 valence electrons. The average Bonchev–Trinajstić information content (AvgIpc) is 2.77. The number of aryl methyl sites for hydroxylation is 1. The number of anilines is 2. The van der Waals surface area contributed by atoms with Gasteiger partial charge >= 0.3 is 0 Å². The molecule has 2 aromatic rings. The second-order valence-electron chi connectivity index (χ2n) is 4.18. The van der Waals surface area contributed by atoms with Crippen molar-refractivity contribution in [2.24, 2.45) is 0 Å². The molecular weight excluding hydrogens is 266 g/mol. The van der Waals surface area contributed by atoms with E-state index in [0.717, 1.165) is 5.69 Å². The van der Waals surface area contributed by atoms with Gasteiger partial charge in [0, 0.05) is 16.8 Å². The number of amides is 1. The first-order chi connectivity index (χ1) is 9.04. The van der Waals surface area contributed by atoms with Gasteiger partial charge in [0.2, 0.25) is 5.91 Å². The van der Waals surface area contributed by atoms with Crippen LogP contribution in [0.15, 0.2) is 34.9 Å². The maximum atomic E-state index is 11.9. The molecule has 1 aromatic heterocycles. The molecule has 2 rings (SSSR count). The summed E-state index contributed by atoms with van der Waals surface area (Å²) in [6.45, 7) is 3.52. The van der Waals surface area contributed by atoms with Crippen molar-refractivity contribution < 1.29 is 9.32 Å². The number of carbonyl (C=O) groups is 1. The molecule has 0 fully saturated rings. The highest BCUT2D eigenvalue weighted by molar-refractivity contribution is 6.30. The molecule has 0 unspecified atom stereocenters. The van der Waals surface area contributed by atoms with Gasteiger partial charge in [-0.1, -0.05) is 16.8 Å². The molecule has 19 heavy (non-hydrogen) atoms. The average molecular weight is 280 g/mol. The number of carbonyl (C=O) groups excluding carboxylic acids is 1. The zero-order valence-electron chi connectivity index (χ0n) is 10.6. The van der Waals surface area contributed by atoms with Gasteiger partial charge in [0.15, 0.2) is 5.82 Å². The Kier molecular flexibility index (Phi) is 4.06. The Morgan fingerprint density at radius 2 is 2.05 bits per heavy atom. The molecule has 0 aliphatic rings. The van der Waals surface area contributed by atoms with Gasteiger partial charge in [0.05, 0.1) is 0 Å². The molecule has 6 heteroatoms. The number of aromatic nitrogens is 1. The number of rotatable bonds is 4. The van der Waals surface area contributed by atoms with Crippen LogP contribution in [-0.4, -0.2) is 17.1 Å². The van der Waals surface area contributed by atoms with Crippen LogP contribution in [0.25, 0.3) is 0 Å². The van der Waals surface area contributed by atoms with Gasteiger partial charge in [0.1, 0.15) is 11.8 Å². The van der Waals surface area contributed by atoms with Crippen molar-refractivity contribution in [3.05, 3.63) is 41.1 Å². The van der Waals surface area contributed by atoms with E-state index in [1.54, 1.807) is 32.0 Å². The van der Waals surface area contributed by atoms with Gasteiger partial charge in [-0.25, -0.2) is 0 Å². The van der Waals surface area contributed by atoms with Gasteiger partial charge in [0.25, 0.3) is 0 Å². The summed E-state index contributed by atoms with van der Waals surface area (Å²) in [5.41, 5.74) is 0.823. The summed E-state index contributed by atoms with van der Waals surface area (Å²) in [6, 6.07) is 8.40. The summed E-state index contributed by atoms with van der Waals surface area (Å²) in [5, 5.41) is 10.1. The minimum Gasteiger partial charge on any atom is -0.374 e. The van der Waals surface area contributed by atoms with Gasteiger partial charge in [-0.05, 0) is 38.1 Å². The van der Waals surface area contributed by atoms with Crippen LogP contribution in [0.2, 0.25) is 5.02 Å². The quantitative estimate of drug-likeness (QED) is 0.902. The minimum absolute atomic E-state index is 0.191. The Morgan fingerprint density at radius 3 is 2.63 bits per heavy atom. The van der Waals surface area contributed by atoms with Crippen molar-refractivity contribution in [2.45, 2.75) is 19.9 Å². The zero-order chi connectivity index (χ0) is 13.8. The summed E-state index contributed by atoms with van der Waals surface area (Å²) < 4.78 is 4.88. The molecule has 0 saturated carbocycles. The highest BCUT2D eigenvalue weighted by Crippen LogP contribution is 2.15. The molecule has 0 saturated heterocycles. The smallest absolute Gasteiger partial charge is 0.247 e. The standard InChI is InChI=1S/C13H14ClN3O2/c1-8-7-12(17-19-8)16-13(18)9(2)15-11-5-3-10(14)4-6-11/h3-7,9,15H,1-2H3,(H,16,17,18)/t9-/m0/s1. The van der Waals surface area contributed by atoms with Crippen molar-refractivity contribution in [1.29, 1.82) is 0 Å². The number of hydrogen-bond acceptors (Lipinski definition) is 4. The molecule has 1 amide bonds. The molecule has 0 radical (unpaired) electrons. The molecule has 0 spiro atoms. The van der Waals surface area contributed by atoms with E-state index < -0.39 is 6.04 Å². The van der Waals surface area contributed by atoms with E-state index in [-0.39, 0.29) is 5.91 Å². The fraction of sp³-hybridized carbons (Fsp3) is 0.231. The lowest BCUT2D eigenvalue weighted by atomic mass is 10.2. The minimum atomic E-state index is -0.404. The van der Waals surface area contributed by atoms with Crippen molar-refractivity contribution in [3.8, 4) is 0 Å². The van der Waals surface area contributed by atoms with Crippen molar-refractivity contribution in [2.75, 3.05) is 10.6 Å². The first kappa shape index (κ1) is 13.4. The second-order valence-corrected chi connectivity index (χ2v) is 4.62. The van der Waals surface area contributed by atoms with Gasteiger partial charge in [-0.3, -0.25) is 4.79 Å². The lowest BCUT2D eigenvalue weighted by Gasteiger charge is -2.14. The van der Waals surface area contributed by atoms with E-state index in [1.165, 1.54) is 0 Å². The normalized spacial score (nSPS) is 11.9. The zero-order valence-corrected chi connectivity index (χ0v) is 11.4. The second kappa shape index (κ2) is 5.75. The lowest BCUT2D eigenvalue weighted by molar-refractivity contribution is -0.116. The van der Waals surface area contributed by atoms with Crippen LogP contribution in [0, 0.1) is 6.92 Å².